The fourth-order valence-electron chi connectivity index (χ4n) is 2.55. The average molecular weight is 350 g/mol. The predicted molar refractivity (Wildman–Crippen MR) is 106 cm³/mol. The van der Waals surface area contributed by atoms with Crippen LogP contribution in [-0.2, 0) is 11.2 Å². The van der Waals surface area contributed by atoms with Crippen LogP contribution in [0.1, 0.15) is 30.9 Å². The second kappa shape index (κ2) is 10.9. The van der Waals surface area contributed by atoms with E-state index in [1.165, 1.54) is 5.56 Å². The molecule has 0 saturated carbocycles. The first kappa shape index (κ1) is 19.4. The molecule has 0 unspecified atom stereocenters. The Kier molecular flexibility index (Phi) is 8.13. The first-order valence-corrected chi connectivity index (χ1v) is 8.85. The zero-order valence-electron chi connectivity index (χ0n) is 15.4. The standard InChI is InChI=1S/C22H26N2O2/c1-18(7-5-9-20-10-6-16-23-17-20)24-22(25)11-4-3-8-19-12-14-21(26-2)15-13-19/h3-4,6,8,10-18H,5,7,9H2,1-2H3,(H,24,25)/b8-3+,11-4+/t18-/m1/s1. The van der Waals surface area contributed by atoms with Crippen LogP contribution in [0, 0.1) is 0 Å². The van der Waals surface area contributed by atoms with Crippen LogP contribution in [0.15, 0.2) is 67.0 Å². The van der Waals surface area contributed by atoms with Gasteiger partial charge in [0, 0.05) is 24.5 Å². The minimum Gasteiger partial charge on any atom is -0.497 e. The van der Waals surface area contributed by atoms with Gasteiger partial charge in [-0.2, -0.15) is 0 Å². The summed E-state index contributed by atoms with van der Waals surface area (Å²) < 4.78 is 5.12. The molecule has 26 heavy (non-hydrogen) atoms. The number of aromatic nitrogens is 1. The van der Waals surface area contributed by atoms with Crippen LogP contribution in [0.25, 0.3) is 6.08 Å². The Morgan fingerprint density at radius 2 is 2.04 bits per heavy atom. The Morgan fingerprint density at radius 1 is 1.23 bits per heavy atom. The van der Waals surface area contributed by atoms with E-state index in [9.17, 15) is 4.79 Å². The van der Waals surface area contributed by atoms with Crippen LogP contribution in [0.2, 0.25) is 0 Å². The van der Waals surface area contributed by atoms with Crippen molar-refractivity contribution in [2.45, 2.75) is 32.2 Å². The second-order valence-electron chi connectivity index (χ2n) is 6.15. The number of hydrogen-bond donors (Lipinski definition) is 1. The molecule has 0 aliphatic rings. The number of aryl methyl sites for hydroxylation is 1. The maximum atomic E-state index is 11.9. The van der Waals surface area contributed by atoms with Crippen LogP contribution >= 0.6 is 0 Å². The van der Waals surface area contributed by atoms with Gasteiger partial charge in [-0.25, -0.2) is 0 Å². The lowest BCUT2D eigenvalue weighted by atomic mass is 10.1. The van der Waals surface area contributed by atoms with Crippen molar-refractivity contribution in [3.63, 3.8) is 0 Å². The van der Waals surface area contributed by atoms with Crippen molar-refractivity contribution in [3.8, 4) is 5.75 Å². The van der Waals surface area contributed by atoms with Gasteiger partial charge in [0.25, 0.3) is 0 Å². The number of benzene rings is 1. The highest BCUT2D eigenvalue weighted by atomic mass is 16.5. The smallest absolute Gasteiger partial charge is 0.244 e. The number of allylic oxidation sites excluding steroid dienone is 2. The van der Waals surface area contributed by atoms with Crippen molar-refractivity contribution in [1.29, 1.82) is 0 Å². The van der Waals surface area contributed by atoms with Gasteiger partial charge in [-0.05, 0) is 55.5 Å². The van der Waals surface area contributed by atoms with E-state index in [-0.39, 0.29) is 11.9 Å². The first-order chi connectivity index (χ1) is 12.7. The number of methoxy groups -OCH3 is 1. The van der Waals surface area contributed by atoms with Crippen LogP contribution in [-0.4, -0.2) is 24.0 Å². The summed E-state index contributed by atoms with van der Waals surface area (Å²) in [6.45, 7) is 2.03. The third-order valence-corrected chi connectivity index (χ3v) is 3.98. The molecule has 1 aromatic heterocycles. The lowest BCUT2D eigenvalue weighted by Gasteiger charge is -2.12. The molecule has 1 atom stereocenters. The minimum atomic E-state index is -0.0711. The second-order valence-corrected chi connectivity index (χ2v) is 6.15. The highest BCUT2D eigenvalue weighted by molar-refractivity contribution is 5.88. The SMILES string of the molecule is COc1ccc(/C=C/C=C/C(=O)N[C@H](C)CCCc2cccnc2)cc1. The molecule has 0 aliphatic carbocycles. The van der Waals surface area contributed by atoms with Crippen molar-refractivity contribution in [2.24, 2.45) is 0 Å². The van der Waals surface area contributed by atoms with E-state index < -0.39 is 0 Å². The minimum absolute atomic E-state index is 0.0711. The van der Waals surface area contributed by atoms with Gasteiger partial charge in [0.2, 0.25) is 5.91 Å². The summed E-state index contributed by atoms with van der Waals surface area (Å²) in [6.07, 6.45) is 13.7. The summed E-state index contributed by atoms with van der Waals surface area (Å²) in [7, 11) is 1.64. The molecule has 0 bridgehead atoms. The van der Waals surface area contributed by atoms with Crippen LogP contribution < -0.4 is 10.1 Å². The molecule has 0 spiro atoms. The van der Waals surface area contributed by atoms with E-state index in [0.29, 0.717) is 0 Å². The lowest BCUT2D eigenvalue weighted by Crippen LogP contribution is -2.31. The quantitative estimate of drug-likeness (QED) is 0.545. The normalized spacial score (nSPS) is 12.4. The largest absolute Gasteiger partial charge is 0.497 e. The van der Waals surface area contributed by atoms with Gasteiger partial charge in [-0.1, -0.05) is 36.4 Å². The highest BCUT2D eigenvalue weighted by Crippen LogP contribution is 2.12. The molecule has 4 nitrogen and oxygen atoms in total. The number of carbonyl (C=O) groups excluding carboxylic acids is 1. The predicted octanol–water partition coefficient (Wildman–Crippen LogP) is 4.19. The van der Waals surface area contributed by atoms with Crippen molar-refractivity contribution in [1.82, 2.24) is 10.3 Å². The monoisotopic (exact) mass is 350 g/mol. The zero-order chi connectivity index (χ0) is 18.6. The summed E-state index contributed by atoms with van der Waals surface area (Å²) in [5, 5.41) is 2.99. The molecule has 2 rings (SSSR count). The Bertz CT molecular complexity index is 722. The highest BCUT2D eigenvalue weighted by Gasteiger charge is 2.04. The van der Waals surface area contributed by atoms with Gasteiger partial charge >= 0.3 is 0 Å². The molecule has 1 N–H and O–H groups in total. The first-order valence-electron chi connectivity index (χ1n) is 8.85. The number of rotatable bonds is 9. The Morgan fingerprint density at radius 3 is 2.73 bits per heavy atom. The number of carbonyl (C=O) groups is 1. The summed E-state index contributed by atoms with van der Waals surface area (Å²) >= 11 is 0. The molecule has 0 fully saturated rings. The van der Waals surface area contributed by atoms with E-state index >= 15 is 0 Å². The molecular formula is C22H26N2O2. The number of amides is 1. The van der Waals surface area contributed by atoms with Gasteiger partial charge in [0.15, 0.2) is 0 Å². The fourth-order valence-corrected chi connectivity index (χ4v) is 2.55. The van der Waals surface area contributed by atoms with Crippen molar-refractivity contribution in [3.05, 3.63) is 78.1 Å². The lowest BCUT2D eigenvalue weighted by molar-refractivity contribution is -0.117. The van der Waals surface area contributed by atoms with E-state index in [1.807, 2.05) is 55.6 Å². The molecule has 1 amide bonds. The number of hydrogen-bond acceptors (Lipinski definition) is 3. The van der Waals surface area contributed by atoms with Gasteiger partial charge < -0.3 is 10.1 Å². The molecule has 2 aromatic rings. The maximum Gasteiger partial charge on any atom is 0.244 e. The van der Waals surface area contributed by atoms with E-state index in [1.54, 1.807) is 25.5 Å². The molecule has 4 heteroatoms. The summed E-state index contributed by atoms with van der Waals surface area (Å²) in [5.74, 6) is 0.757. The Balaban J connectivity index is 1.67. The van der Waals surface area contributed by atoms with Crippen LogP contribution in [0.4, 0.5) is 0 Å². The number of nitrogens with one attached hydrogen (secondary N) is 1. The number of nitrogens with zero attached hydrogens (tertiary/aromatic N) is 1. The average Bonchev–Trinajstić information content (AvgIpc) is 2.66. The topological polar surface area (TPSA) is 51.2 Å². The van der Waals surface area contributed by atoms with Crippen LogP contribution in [0.5, 0.6) is 5.75 Å². The summed E-state index contributed by atoms with van der Waals surface area (Å²) in [5.41, 5.74) is 2.29. The molecule has 0 saturated heterocycles. The maximum absolute atomic E-state index is 11.9. The Hall–Kier alpha value is -2.88. The fraction of sp³-hybridized carbons (Fsp3) is 0.273. The molecular weight excluding hydrogens is 324 g/mol. The van der Waals surface area contributed by atoms with E-state index in [0.717, 1.165) is 30.6 Å². The van der Waals surface area contributed by atoms with Crippen LogP contribution in [0.3, 0.4) is 0 Å². The van der Waals surface area contributed by atoms with Gasteiger partial charge in [0.05, 0.1) is 7.11 Å². The summed E-state index contributed by atoms with van der Waals surface area (Å²) in [4.78, 5) is 16.0. The molecule has 0 radical (unpaired) electrons. The molecule has 1 heterocycles. The van der Waals surface area contributed by atoms with E-state index in [4.69, 9.17) is 4.74 Å². The van der Waals surface area contributed by atoms with Gasteiger partial charge in [0.1, 0.15) is 5.75 Å². The van der Waals surface area contributed by atoms with Crippen molar-refractivity contribution in [2.75, 3.05) is 7.11 Å². The number of pyridine rings is 1. The Labute approximate surface area is 155 Å². The molecule has 1 aromatic carbocycles. The third-order valence-electron chi connectivity index (χ3n) is 3.98. The van der Waals surface area contributed by atoms with Crippen molar-refractivity contribution >= 4 is 12.0 Å². The van der Waals surface area contributed by atoms with E-state index in [2.05, 4.69) is 16.4 Å². The van der Waals surface area contributed by atoms with Crippen molar-refractivity contribution < 1.29 is 9.53 Å². The van der Waals surface area contributed by atoms with Gasteiger partial charge in [-0.3, -0.25) is 9.78 Å². The number of ether oxygens (including phenoxy) is 1. The molecule has 136 valence electrons. The zero-order valence-corrected chi connectivity index (χ0v) is 15.4. The third kappa shape index (κ3) is 7.34. The summed E-state index contributed by atoms with van der Waals surface area (Å²) in [6, 6.07) is 11.9. The molecule has 0 aliphatic heterocycles. The van der Waals surface area contributed by atoms with Gasteiger partial charge in [-0.15, -0.1) is 0 Å².